The quantitative estimate of drug-likeness (QED) is 0.939. The Hall–Kier alpha value is -2.07. The van der Waals surface area contributed by atoms with Gasteiger partial charge in [-0.05, 0) is 68.6 Å². The Kier molecular flexibility index (Phi) is 4.53. The monoisotopic (exact) mass is 311 g/mol. The molecule has 1 fully saturated rings. The summed E-state index contributed by atoms with van der Waals surface area (Å²) >= 11 is 0. The van der Waals surface area contributed by atoms with E-state index in [4.69, 9.17) is 0 Å². The molecule has 0 saturated carbocycles. The molecule has 0 unspecified atom stereocenters. The van der Waals surface area contributed by atoms with Gasteiger partial charge in [-0.25, -0.2) is 0 Å². The van der Waals surface area contributed by atoms with Gasteiger partial charge in [-0.15, -0.1) is 0 Å². The number of likely N-dealkylation sites (tertiary alicyclic amines) is 1. The number of nitrogens with zero attached hydrogens (tertiary/aromatic N) is 2. The van der Waals surface area contributed by atoms with Crippen molar-refractivity contribution < 1.29 is 4.79 Å². The molecule has 0 radical (unpaired) electrons. The van der Waals surface area contributed by atoms with Crippen molar-refractivity contribution in [1.82, 2.24) is 9.47 Å². The molecule has 1 N–H and O–H groups in total. The molecule has 122 valence electrons. The number of anilines is 1. The highest BCUT2D eigenvalue weighted by atomic mass is 16.2. The van der Waals surface area contributed by atoms with E-state index < -0.39 is 0 Å². The van der Waals surface area contributed by atoms with Crippen LogP contribution >= 0.6 is 0 Å². The first-order valence-electron chi connectivity index (χ1n) is 8.26. The molecule has 2 aromatic rings. The van der Waals surface area contributed by atoms with Gasteiger partial charge in [-0.3, -0.25) is 9.69 Å². The average molecular weight is 311 g/mol. The molecule has 3 rings (SSSR count). The fourth-order valence-corrected chi connectivity index (χ4v) is 3.60. The molecule has 1 aromatic heterocycles. The van der Waals surface area contributed by atoms with Crippen LogP contribution in [0.25, 0.3) is 0 Å². The van der Waals surface area contributed by atoms with Crippen molar-refractivity contribution in [2.45, 2.75) is 32.7 Å². The van der Waals surface area contributed by atoms with Crippen LogP contribution in [0.5, 0.6) is 0 Å². The van der Waals surface area contributed by atoms with Crippen LogP contribution in [0.2, 0.25) is 0 Å². The fraction of sp³-hybridized carbons (Fsp3) is 0.421. The molecule has 1 atom stereocenters. The average Bonchev–Trinajstić information content (AvgIpc) is 3.06. The summed E-state index contributed by atoms with van der Waals surface area (Å²) in [5, 5.41) is 3.04. The van der Waals surface area contributed by atoms with Gasteiger partial charge in [0.2, 0.25) is 5.91 Å². The third kappa shape index (κ3) is 3.64. The second-order valence-corrected chi connectivity index (χ2v) is 6.60. The molecule has 0 bridgehead atoms. The maximum atomic E-state index is 12.4. The molecular weight excluding hydrogens is 286 g/mol. The lowest BCUT2D eigenvalue weighted by Gasteiger charge is -2.24. The molecule has 0 spiro atoms. The van der Waals surface area contributed by atoms with Crippen molar-refractivity contribution in [3.8, 4) is 0 Å². The maximum Gasteiger partial charge on any atom is 0.238 e. The predicted molar refractivity (Wildman–Crippen MR) is 93.5 cm³/mol. The highest BCUT2D eigenvalue weighted by molar-refractivity contribution is 5.92. The number of carbonyl (C=O) groups excluding carboxylic acids is 1. The SMILES string of the molecule is Cc1cc(C)cc(NC(=O)CN2CCC[C@H]2c2cccn2C)c1. The van der Waals surface area contributed by atoms with E-state index in [1.165, 1.54) is 16.8 Å². The standard InChI is InChI=1S/C19H25N3O/c1-14-10-15(2)12-16(11-14)20-19(23)13-22-9-5-7-18(22)17-6-4-8-21(17)3/h4,6,8,10-12,18H,5,7,9,13H2,1-3H3,(H,20,23)/t18-/m0/s1. The van der Waals surface area contributed by atoms with Crippen molar-refractivity contribution in [2.24, 2.45) is 7.05 Å². The first-order valence-corrected chi connectivity index (χ1v) is 8.26. The molecule has 1 aromatic carbocycles. The zero-order valence-corrected chi connectivity index (χ0v) is 14.2. The lowest BCUT2D eigenvalue weighted by Crippen LogP contribution is -2.33. The van der Waals surface area contributed by atoms with Crippen LogP contribution in [0.3, 0.4) is 0 Å². The summed E-state index contributed by atoms with van der Waals surface area (Å²) in [7, 11) is 2.07. The van der Waals surface area contributed by atoms with Crippen LogP contribution in [0, 0.1) is 13.8 Å². The van der Waals surface area contributed by atoms with Crippen molar-refractivity contribution in [2.75, 3.05) is 18.4 Å². The van der Waals surface area contributed by atoms with Crippen molar-refractivity contribution in [3.63, 3.8) is 0 Å². The Morgan fingerprint density at radius 2 is 2.00 bits per heavy atom. The van der Waals surface area contributed by atoms with Crippen molar-refractivity contribution in [1.29, 1.82) is 0 Å². The number of rotatable bonds is 4. The third-order valence-corrected chi connectivity index (χ3v) is 4.54. The minimum atomic E-state index is 0.0658. The second kappa shape index (κ2) is 6.59. The smallest absolute Gasteiger partial charge is 0.238 e. The topological polar surface area (TPSA) is 37.3 Å². The molecular formula is C19H25N3O. The van der Waals surface area contributed by atoms with Crippen molar-refractivity contribution >= 4 is 11.6 Å². The predicted octanol–water partition coefficient (Wildman–Crippen LogP) is 3.42. The highest BCUT2D eigenvalue weighted by Crippen LogP contribution is 2.31. The Morgan fingerprint density at radius 1 is 1.26 bits per heavy atom. The second-order valence-electron chi connectivity index (χ2n) is 6.60. The molecule has 1 saturated heterocycles. The van der Waals surface area contributed by atoms with Gasteiger partial charge < -0.3 is 9.88 Å². The molecule has 4 heteroatoms. The van der Waals surface area contributed by atoms with Crippen LogP contribution in [0.1, 0.15) is 35.7 Å². The summed E-state index contributed by atoms with van der Waals surface area (Å²) in [5.74, 6) is 0.0658. The molecule has 1 aliphatic rings. The number of hydrogen-bond donors (Lipinski definition) is 1. The number of aromatic nitrogens is 1. The Morgan fingerprint density at radius 3 is 2.65 bits per heavy atom. The zero-order chi connectivity index (χ0) is 16.4. The van der Waals surface area contributed by atoms with E-state index in [-0.39, 0.29) is 5.91 Å². The summed E-state index contributed by atoms with van der Waals surface area (Å²) < 4.78 is 2.16. The number of aryl methyl sites for hydroxylation is 3. The first-order chi connectivity index (χ1) is 11.0. The van der Waals surface area contributed by atoms with E-state index in [9.17, 15) is 4.79 Å². The summed E-state index contributed by atoms with van der Waals surface area (Å²) in [5.41, 5.74) is 4.52. The first kappa shape index (κ1) is 15.8. The summed E-state index contributed by atoms with van der Waals surface area (Å²) in [4.78, 5) is 14.7. The largest absolute Gasteiger partial charge is 0.353 e. The van der Waals surface area contributed by atoms with Crippen LogP contribution in [-0.2, 0) is 11.8 Å². The molecule has 1 aliphatic heterocycles. The van der Waals surface area contributed by atoms with Gasteiger partial charge in [0, 0.05) is 24.6 Å². The Labute approximate surface area is 138 Å². The van der Waals surface area contributed by atoms with Crippen molar-refractivity contribution in [3.05, 3.63) is 53.3 Å². The van der Waals surface area contributed by atoms with E-state index >= 15 is 0 Å². The Balaban J connectivity index is 1.66. The van der Waals surface area contributed by atoms with Gasteiger partial charge in [0.25, 0.3) is 0 Å². The summed E-state index contributed by atoms with van der Waals surface area (Å²) in [6.07, 6.45) is 4.34. The van der Waals surface area contributed by atoms with Gasteiger partial charge in [0.15, 0.2) is 0 Å². The van der Waals surface area contributed by atoms with Gasteiger partial charge in [-0.2, -0.15) is 0 Å². The summed E-state index contributed by atoms with van der Waals surface area (Å²) in [6.45, 7) is 5.53. The van der Waals surface area contributed by atoms with Crippen LogP contribution < -0.4 is 5.32 Å². The Bertz CT molecular complexity index is 684. The lowest BCUT2D eigenvalue weighted by atomic mass is 10.1. The van der Waals surface area contributed by atoms with Crippen LogP contribution in [0.15, 0.2) is 36.5 Å². The van der Waals surface area contributed by atoms with E-state index in [2.05, 4.69) is 60.1 Å². The minimum absolute atomic E-state index is 0.0658. The lowest BCUT2D eigenvalue weighted by molar-refractivity contribution is -0.117. The zero-order valence-electron chi connectivity index (χ0n) is 14.2. The van der Waals surface area contributed by atoms with Gasteiger partial charge >= 0.3 is 0 Å². The number of nitrogens with one attached hydrogen (secondary N) is 1. The molecule has 23 heavy (non-hydrogen) atoms. The number of benzene rings is 1. The maximum absolute atomic E-state index is 12.4. The number of carbonyl (C=O) groups is 1. The number of amides is 1. The molecule has 1 amide bonds. The minimum Gasteiger partial charge on any atom is -0.353 e. The van der Waals surface area contributed by atoms with Gasteiger partial charge in [0.1, 0.15) is 0 Å². The molecule has 2 heterocycles. The summed E-state index contributed by atoms with van der Waals surface area (Å²) in [6, 6.07) is 10.7. The van der Waals surface area contributed by atoms with Gasteiger partial charge in [0.05, 0.1) is 12.6 Å². The third-order valence-electron chi connectivity index (χ3n) is 4.54. The number of hydrogen-bond acceptors (Lipinski definition) is 2. The van der Waals surface area contributed by atoms with E-state index in [0.717, 1.165) is 25.1 Å². The van der Waals surface area contributed by atoms with E-state index in [0.29, 0.717) is 12.6 Å². The van der Waals surface area contributed by atoms with Gasteiger partial charge in [-0.1, -0.05) is 6.07 Å². The van der Waals surface area contributed by atoms with E-state index in [1.54, 1.807) is 0 Å². The molecule has 0 aliphatic carbocycles. The molecule has 4 nitrogen and oxygen atoms in total. The van der Waals surface area contributed by atoms with Crippen LogP contribution in [0.4, 0.5) is 5.69 Å². The normalized spacial score (nSPS) is 18.3. The fourth-order valence-electron chi connectivity index (χ4n) is 3.60. The highest BCUT2D eigenvalue weighted by Gasteiger charge is 2.28. The van der Waals surface area contributed by atoms with E-state index in [1.807, 2.05) is 12.1 Å². The van der Waals surface area contributed by atoms with Crippen LogP contribution in [-0.4, -0.2) is 28.5 Å².